The van der Waals surface area contributed by atoms with Crippen molar-refractivity contribution >= 4 is 35.0 Å². The molecule has 194 valence electrons. The molecule has 0 spiro atoms. The molecule has 6 nitrogen and oxygen atoms in total. The fraction of sp³-hybridized carbons (Fsp3) is 0.630. The number of likely N-dealkylation sites (tertiary alicyclic amines) is 1. The monoisotopic (exact) mass is 522 g/mol. The van der Waals surface area contributed by atoms with E-state index >= 15 is 0 Å². The summed E-state index contributed by atoms with van der Waals surface area (Å²) in [7, 11) is 0. The summed E-state index contributed by atoms with van der Waals surface area (Å²) in [5.41, 5.74) is 1.59. The molecule has 2 N–H and O–H groups in total. The van der Waals surface area contributed by atoms with Crippen molar-refractivity contribution in [2.75, 3.05) is 39.3 Å². The van der Waals surface area contributed by atoms with Crippen LogP contribution in [0.4, 0.5) is 0 Å². The number of nitrogens with one attached hydrogen (secondary N) is 2. The average Bonchev–Trinajstić information content (AvgIpc) is 3.00. The molecule has 2 amide bonds. The largest absolute Gasteiger partial charge is 0.350 e. The van der Waals surface area contributed by atoms with Crippen LogP contribution in [0.3, 0.4) is 0 Å². The molecule has 2 heterocycles. The molecule has 0 radical (unpaired) electrons. The number of carbonyl (C=O) groups excluding carboxylic acids is 2. The van der Waals surface area contributed by atoms with Crippen molar-refractivity contribution in [2.45, 2.75) is 64.5 Å². The first-order valence-corrected chi connectivity index (χ1v) is 13.7. The van der Waals surface area contributed by atoms with Crippen LogP contribution in [0.1, 0.15) is 62.7 Å². The molecule has 3 atom stereocenters. The van der Waals surface area contributed by atoms with Crippen LogP contribution in [0.5, 0.6) is 0 Å². The van der Waals surface area contributed by atoms with Gasteiger partial charge in [-0.05, 0) is 76.2 Å². The number of nitrogens with zero attached hydrogens (tertiary/aromatic N) is 2. The number of hydrogen-bond acceptors (Lipinski definition) is 4. The minimum atomic E-state index is -0.256. The summed E-state index contributed by atoms with van der Waals surface area (Å²) < 4.78 is 0. The molecule has 2 fully saturated rings. The van der Waals surface area contributed by atoms with Gasteiger partial charge in [-0.2, -0.15) is 0 Å². The predicted molar refractivity (Wildman–Crippen MR) is 144 cm³/mol. The highest BCUT2D eigenvalue weighted by molar-refractivity contribution is 6.42. The Balaban J connectivity index is 1.65. The lowest BCUT2D eigenvalue weighted by molar-refractivity contribution is -0.133. The highest BCUT2D eigenvalue weighted by atomic mass is 35.5. The van der Waals surface area contributed by atoms with E-state index in [1.165, 1.54) is 19.3 Å². The van der Waals surface area contributed by atoms with E-state index in [2.05, 4.69) is 29.0 Å². The lowest BCUT2D eigenvalue weighted by atomic mass is 9.98. The van der Waals surface area contributed by atoms with Gasteiger partial charge in [-0.15, -0.1) is 0 Å². The van der Waals surface area contributed by atoms with Crippen LogP contribution in [0, 0.1) is 5.92 Å². The van der Waals surface area contributed by atoms with Gasteiger partial charge in [-0.1, -0.05) is 48.7 Å². The second-order valence-electron chi connectivity index (χ2n) is 9.97. The van der Waals surface area contributed by atoms with Gasteiger partial charge >= 0.3 is 0 Å². The van der Waals surface area contributed by atoms with Gasteiger partial charge in [-0.25, -0.2) is 0 Å². The Bertz CT molecular complexity index is 888. The Morgan fingerprint density at radius 3 is 2.60 bits per heavy atom. The Morgan fingerprint density at radius 1 is 1.20 bits per heavy atom. The normalized spacial score (nSPS) is 22.5. The van der Waals surface area contributed by atoms with Crippen molar-refractivity contribution in [3.63, 3.8) is 0 Å². The quantitative estimate of drug-likeness (QED) is 0.434. The van der Waals surface area contributed by atoms with Gasteiger partial charge in [0.05, 0.1) is 16.1 Å². The molecule has 2 aliphatic rings. The van der Waals surface area contributed by atoms with Crippen LogP contribution in [-0.2, 0) is 4.79 Å². The first kappa shape index (κ1) is 28.0. The fourth-order valence-corrected chi connectivity index (χ4v) is 5.28. The zero-order valence-electron chi connectivity index (χ0n) is 21.1. The predicted octanol–water partition coefficient (Wildman–Crippen LogP) is 4.76. The minimum Gasteiger partial charge on any atom is -0.350 e. The van der Waals surface area contributed by atoms with E-state index in [1.807, 2.05) is 11.8 Å². The molecule has 2 aliphatic heterocycles. The summed E-state index contributed by atoms with van der Waals surface area (Å²) in [5.74, 6) is 0.267. The molecule has 3 rings (SSSR count). The molecule has 3 unspecified atom stereocenters. The maximum Gasteiger partial charge on any atom is 0.251 e. The van der Waals surface area contributed by atoms with Gasteiger partial charge in [0.1, 0.15) is 0 Å². The van der Waals surface area contributed by atoms with Crippen molar-refractivity contribution in [3.8, 4) is 0 Å². The Hall–Kier alpha value is -1.60. The lowest BCUT2D eigenvalue weighted by Gasteiger charge is -2.31. The lowest BCUT2D eigenvalue weighted by Crippen LogP contribution is -2.50. The van der Waals surface area contributed by atoms with E-state index in [0.717, 1.165) is 44.5 Å². The summed E-state index contributed by atoms with van der Waals surface area (Å²) in [6, 6.07) is 4.62. The topological polar surface area (TPSA) is 64.7 Å². The van der Waals surface area contributed by atoms with E-state index in [0.29, 0.717) is 41.2 Å². The summed E-state index contributed by atoms with van der Waals surface area (Å²) in [5, 5.41) is 7.37. The van der Waals surface area contributed by atoms with E-state index in [4.69, 9.17) is 23.2 Å². The van der Waals surface area contributed by atoms with Crippen LogP contribution >= 0.6 is 23.2 Å². The van der Waals surface area contributed by atoms with Crippen molar-refractivity contribution in [1.29, 1.82) is 0 Å². The maximum atomic E-state index is 13.6. The van der Waals surface area contributed by atoms with E-state index in [1.54, 1.807) is 18.2 Å². The molecular weight excluding hydrogens is 483 g/mol. The van der Waals surface area contributed by atoms with Gasteiger partial charge in [-0.3, -0.25) is 9.59 Å². The highest BCUT2D eigenvalue weighted by Crippen LogP contribution is 2.23. The van der Waals surface area contributed by atoms with Gasteiger partial charge in [0.15, 0.2) is 0 Å². The minimum absolute atomic E-state index is 0.00642. The summed E-state index contributed by atoms with van der Waals surface area (Å²) >= 11 is 12.1. The molecule has 1 aromatic carbocycles. The summed E-state index contributed by atoms with van der Waals surface area (Å²) in [4.78, 5) is 30.8. The van der Waals surface area contributed by atoms with Crippen molar-refractivity contribution < 1.29 is 9.59 Å². The van der Waals surface area contributed by atoms with Crippen molar-refractivity contribution in [2.24, 2.45) is 5.92 Å². The molecule has 1 aromatic rings. The number of amides is 2. The third kappa shape index (κ3) is 8.21. The SMILES string of the molecule is C=C(C)C(CC)CN1CCC(CNC(=O)c2ccc(Cl)c(Cl)c2)NC(CCN2CCCCC2)C1=O. The number of benzene rings is 1. The van der Waals surface area contributed by atoms with Gasteiger partial charge in [0.25, 0.3) is 5.91 Å². The third-order valence-corrected chi connectivity index (χ3v) is 8.04. The van der Waals surface area contributed by atoms with Crippen LogP contribution in [0.2, 0.25) is 10.0 Å². The zero-order chi connectivity index (χ0) is 25.4. The third-order valence-electron chi connectivity index (χ3n) is 7.30. The fourth-order valence-electron chi connectivity index (χ4n) is 4.98. The molecule has 35 heavy (non-hydrogen) atoms. The maximum absolute atomic E-state index is 13.6. The number of halogens is 2. The van der Waals surface area contributed by atoms with Crippen LogP contribution in [0.15, 0.2) is 30.4 Å². The number of carbonyl (C=O) groups is 2. The first-order valence-electron chi connectivity index (χ1n) is 12.9. The average molecular weight is 524 g/mol. The van der Waals surface area contributed by atoms with Crippen LogP contribution in [0.25, 0.3) is 0 Å². The summed E-state index contributed by atoms with van der Waals surface area (Å²) in [6.07, 6.45) is 6.28. The second kappa shape index (κ2) is 13.6. The zero-order valence-corrected chi connectivity index (χ0v) is 22.6. The van der Waals surface area contributed by atoms with Gasteiger partial charge < -0.3 is 20.4 Å². The molecule has 0 saturated carbocycles. The smallest absolute Gasteiger partial charge is 0.251 e. The molecular formula is C27H40Cl2N4O2. The van der Waals surface area contributed by atoms with E-state index in [-0.39, 0.29) is 23.9 Å². The molecule has 0 bridgehead atoms. The molecule has 2 saturated heterocycles. The molecule has 0 aromatic heterocycles. The van der Waals surface area contributed by atoms with Crippen LogP contribution in [-0.4, -0.2) is 73.0 Å². The number of hydrogen-bond donors (Lipinski definition) is 2. The number of piperidine rings is 1. The molecule has 8 heteroatoms. The van der Waals surface area contributed by atoms with E-state index < -0.39 is 0 Å². The van der Waals surface area contributed by atoms with Crippen molar-refractivity contribution in [3.05, 3.63) is 46.0 Å². The van der Waals surface area contributed by atoms with E-state index in [9.17, 15) is 9.59 Å². The Morgan fingerprint density at radius 2 is 1.94 bits per heavy atom. The second-order valence-corrected chi connectivity index (χ2v) is 10.8. The standard InChI is InChI=1S/C27H40Cl2N4O2/c1-4-20(19(2)3)18-33-15-10-22(17-30-26(34)21-8-9-23(28)24(29)16-21)31-25(27(33)35)11-14-32-12-6-5-7-13-32/h8-9,16,20,22,25,31H,2,4-7,10-15,17-18H2,1,3H3,(H,30,34). The Kier molecular flexibility index (Phi) is 10.9. The first-order chi connectivity index (χ1) is 16.8. The highest BCUT2D eigenvalue weighted by Gasteiger charge is 2.32. The van der Waals surface area contributed by atoms with Gasteiger partial charge in [0, 0.05) is 37.8 Å². The molecule has 0 aliphatic carbocycles. The Labute approximate surface area is 220 Å². The number of rotatable bonds is 10. The summed E-state index contributed by atoms with van der Waals surface area (Å²) in [6.45, 7) is 13.3. The van der Waals surface area contributed by atoms with Crippen LogP contribution < -0.4 is 10.6 Å². The van der Waals surface area contributed by atoms with Gasteiger partial charge in [0.2, 0.25) is 5.91 Å². The van der Waals surface area contributed by atoms with Crippen molar-refractivity contribution in [1.82, 2.24) is 20.4 Å².